The van der Waals surface area contributed by atoms with Crippen molar-refractivity contribution < 1.29 is 5.11 Å². The van der Waals surface area contributed by atoms with E-state index in [1.807, 2.05) is 6.92 Å². The Hall–Kier alpha value is -0.550. The standard InChI is InChI=1S/C11H19N3OS/c1-8-12-11(14-13-8)16-7-10(15)6-9-4-2-3-5-9/h9-10,15H,2-7H2,1H3,(H,12,13,14). The predicted octanol–water partition coefficient (Wildman–Crippen LogP) is 2.15. The fourth-order valence-corrected chi connectivity index (χ4v) is 3.05. The first-order valence-corrected chi connectivity index (χ1v) is 6.92. The van der Waals surface area contributed by atoms with E-state index in [4.69, 9.17) is 0 Å². The summed E-state index contributed by atoms with van der Waals surface area (Å²) in [5, 5.41) is 17.5. The highest BCUT2D eigenvalue weighted by molar-refractivity contribution is 7.99. The largest absolute Gasteiger partial charge is 0.392 e. The second-order valence-corrected chi connectivity index (χ2v) is 5.54. The van der Waals surface area contributed by atoms with Crippen LogP contribution in [0.25, 0.3) is 0 Å². The molecule has 1 aliphatic carbocycles. The van der Waals surface area contributed by atoms with Crippen LogP contribution in [0.5, 0.6) is 0 Å². The molecule has 1 atom stereocenters. The van der Waals surface area contributed by atoms with E-state index in [0.717, 1.165) is 23.3 Å². The molecule has 2 N–H and O–H groups in total. The van der Waals surface area contributed by atoms with Crippen LogP contribution in [0.1, 0.15) is 37.9 Å². The Labute approximate surface area is 100 Å². The first kappa shape index (κ1) is 11.9. The van der Waals surface area contributed by atoms with Crippen molar-refractivity contribution in [3.63, 3.8) is 0 Å². The summed E-state index contributed by atoms with van der Waals surface area (Å²) in [6, 6.07) is 0. The molecule has 1 heterocycles. The molecule has 0 amide bonds. The number of aromatic amines is 1. The number of nitrogens with one attached hydrogen (secondary N) is 1. The number of aliphatic hydroxyl groups is 1. The molecular formula is C11H19N3OS. The Morgan fingerprint density at radius 2 is 2.25 bits per heavy atom. The summed E-state index contributed by atoms with van der Waals surface area (Å²) in [7, 11) is 0. The summed E-state index contributed by atoms with van der Waals surface area (Å²) in [4.78, 5) is 4.20. The van der Waals surface area contributed by atoms with Crippen LogP contribution in [0.15, 0.2) is 5.16 Å². The second-order valence-electron chi connectivity index (χ2n) is 4.55. The highest BCUT2D eigenvalue weighted by Crippen LogP contribution is 2.29. The van der Waals surface area contributed by atoms with Gasteiger partial charge >= 0.3 is 0 Å². The summed E-state index contributed by atoms with van der Waals surface area (Å²) in [6.07, 6.45) is 5.99. The fourth-order valence-electron chi connectivity index (χ4n) is 2.26. The van der Waals surface area contributed by atoms with Crippen LogP contribution >= 0.6 is 11.8 Å². The van der Waals surface area contributed by atoms with Crippen molar-refractivity contribution >= 4 is 11.8 Å². The molecule has 1 fully saturated rings. The van der Waals surface area contributed by atoms with Gasteiger partial charge in [-0.2, -0.15) is 0 Å². The Kier molecular flexibility index (Phi) is 4.23. The lowest BCUT2D eigenvalue weighted by atomic mass is 10.0. The molecular weight excluding hydrogens is 222 g/mol. The third kappa shape index (κ3) is 3.49. The van der Waals surface area contributed by atoms with Gasteiger partial charge in [0.25, 0.3) is 0 Å². The maximum atomic E-state index is 9.89. The lowest BCUT2D eigenvalue weighted by Crippen LogP contribution is -2.14. The normalized spacial score (nSPS) is 19.1. The van der Waals surface area contributed by atoms with Crippen molar-refractivity contribution in [2.45, 2.75) is 50.3 Å². The molecule has 0 bridgehead atoms. The van der Waals surface area contributed by atoms with Crippen molar-refractivity contribution in [2.75, 3.05) is 5.75 Å². The molecule has 5 heteroatoms. The van der Waals surface area contributed by atoms with Gasteiger partial charge in [-0.05, 0) is 19.3 Å². The fraction of sp³-hybridized carbons (Fsp3) is 0.818. The van der Waals surface area contributed by atoms with Crippen LogP contribution in [0.4, 0.5) is 0 Å². The van der Waals surface area contributed by atoms with E-state index < -0.39 is 0 Å². The van der Waals surface area contributed by atoms with Gasteiger partial charge in [-0.15, -0.1) is 5.10 Å². The van der Waals surface area contributed by atoms with Crippen LogP contribution in [0, 0.1) is 12.8 Å². The first-order valence-electron chi connectivity index (χ1n) is 5.94. The first-order chi connectivity index (χ1) is 7.74. The average molecular weight is 241 g/mol. The molecule has 90 valence electrons. The SMILES string of the molecule is Cc1nc(SCC(O)CC2CCCC2)n[nH]1. The highest BCUT2D eigenvalue weighted by atomic mass is 32.2. The Morgan fingerprint density at radius 1 is 1.50 bits per heavy atom. The molecule has 1 aliphatic rings. The van der Waals surface area contributed by atoms with Crippen molar-refractivity contribution in [1.29, 1.82) is 0 Å². The highest BCUT2D eigenvalue weighted by Gasteiger charge is 2.19. The van der Waals surface area contributed by atoms with Crippen molar-refractivity contribution in [1.82, 2.24) is 15.2 Å². The van der Waals surface area contributed by atoms with E-state index in [1.54, 1.807) is 0 Å². The summed E-state index contributed by atoms with van der Waals surface area (Å²) in [5.74, 6) is 2.27. The van der Waals surface area contributed by atoms with Gasteiger partial charge in [0.15, 0.2) is 0 Å². The molecule has 4 nitrogen and oxygen atoms in total. The average Bonchev–Trinajstić information content (AvgIpc) is 2.87. The predicted molar refractivity (Wildman–Crippen MR) is 64.4 cm³/mol. The zero-order valence-electron chi connectivity index (χ0n) is 9.65. The summed E-state index contributed by atoms with van der Waals surface area (Å²) < 4.78 is 0. The third-order valence-corrected chi connectivity index (χ3v) is 4.05. The number of rotatable bonds is 5. The quantitative estimate of drug-likeness (QED) is 0.775. The molecule has 0 aliphatic heterocycles. The molecule has 1 saturated carbocycles. The number of hydrogen-bond acceptors (Lipinski definition) is 4. The number of aryl methyl sites for hydroxylation is 1. The van der Waals surface area contributed by atoms with E-state index in [2.05, 4.69) is 15.2 Å². The van der Waals surface area contributed by atoms with E-state index in [9.17, 15) is 5.11 Å². The molecule has 16 heavy (non-hydrogen) atoms. The summed E-state index contributed by atoms with van der Waals surface area (Å²) in [6.45, 7) is 1.88. The molecule has 0 radical (unpaired) electrons. The summed E-state index contributed by atoms with van der Waals surface area (Å²) in [5.41, 5.74) is 0. The molecule has 1 unspecified atom stereocenters. The number of nitrogens with zero attached hydrogens (tertiary/aromatic N) is 2. The number of hydrogen-bond donors (Lipinski definition) is 2. The van der Waals surface area contributed by atoms with Crippen molar-refractivity contribution in [3.05, 3.63) is 5.82 Å². The molecule has 1 aromatic heterocycles. The van der Waals surface area contributed by atoms with Gasteiger partial charge in [-0.3, -0.25) is 5.10 Å². The second kappa shape index (κ2) is 5.68. The topological polar surface area (TPSA) is 61.8 Å². The minimum Gasteiger partial charge on any atom is -0.392 e. The van der Waals surface area contributed by atoms with Crippen LogP contribution in [0.2, 0.25) is 0 Å². The van der Waals surface area contributed by atoms with E-state index in [0.29, 0.717) is 5.75 Å². The van der Waals surface area contributed by atoms with Gasteiger partial charge in [0.05, 0.1) is 6.10 Å². The number of aromatic nitrogens is 3. The minimum absolute atomic E-state index is 0.216. The molecule has 1 aromatic rings. The molecule has 0 saturated heterocycles. The maximum Gasteiger partial charge on any atom is 0.208 e. The van der Waals surface area contributed by atoms with E-state index in [1.165, 1.54) is 37.4 Å². The van der Waals surface area contributed by atoms with Gasteiger partial charge in [0, 0.05) is 5.75 Å². The lowest BCUT2D eigenvalue weighted by Gasteiger charge is -2.13. The van der Waals surface area contributed by atoms with Gasteiger partial charge in [-0.25, -0.2) is 4.98 Å². The van der Waals surface area contributed by atoms with Gasteiger partial charge < -0.3 is 5.11 Å². The number of H-pyrrole nitrogens is 1. The zero-order valence-corrected chi connectivity index (χ0v) is 10.5. The van der Waals surface area contributed by atoms with Crippen LogP contribution in [0.3, 0.4) is 0 Å². The third-order valence-electron chi connectivity index (χ3n) is 3.06. The monoisotopic (exact) mass is 241 g/mol. The maximum absolute atomic E-state index is 9.89. The van der Waals surface area contributed by atoms with Crippen LogP contribution in [-0.2, 0) is 0 Å². The van der Waals surface area contributed by atoms with Crippen molar-refractivity contribution in [2.24, 2.45) is 5.92 Å². The van der Waals surface area contributed by atoms with Crippen LogP contribution < -0.4 is 0 Å². The smallest absolute Gasteiger partial charge is 0.208 e. The Bertz CT molecular complexity index is 323. The van der Waals surface area contributed by atoms with Crippen molar-refractivity contribution in [3.8, 4) is 0 Å². The summed E-state index contributed by atoms with van der Waals surface area (Å²) >= 11 is 1.53. The molecule has 2 rings (SSSR count). The van der Waals surface area contributed by atoms with E-state index >= 15 is 0 Å². The number of thioether (sulfide) groups is 1. The molecule has 0 aromatic carbocycles. The number of aliphatic hydroxyl groups excluding tert-OH is 1. The van der Waals surface area contributed by atoms with Gasteiger partial charge in [0.1, 0.15) is 5.82 Å². The minimum atomic E-state index is -0.216. The molecule has 0 spiro atoms. The zero-order chi connectivity index (χ0) is 11.4. The Balaban J connectivity index is 1.68. The van der Waals surface area contributed by atoms with Crippen LogP contribution in [-0.4, -0.2) is 32.1 Å². The van der Waals surface area contributed by atoms with Gasteiger partial charge in [0.2, 0.25) is 5.16 Å². The van der Waals surface area contributed by atoms with Gasteiger partial charge in [-0.1, -0.05) is 37.4 Å². The van der Waals surface area contributed by atoms with E-state index in [-0.39, 0.29) is 6.10 Å². The Morgan fingerprint density at radius 3 is 2.88 bits per heavy atom. The lowest BCUT2D eigenvalue weighted by molar-refractivity contribution is 0.165.